The monoisotopic (exact) mass is 374 g/mol. The second-order valence-electron chi connectivity index (χ2n) is 6.28. The zero-order valence-electron chi connectivity index (χ0n) is 14.9. The molecule has 0 spiro atoms. The summed E-state index contributed by atoms with van der Waals surface area (Å²) in [6.45, 7) is 1.60. The molecule has 1 N–H and O–H groups in total. The Balaban J connectivity index is 0.000000499. The number of hydrogen-bond acceptors (Lipinski definition) is 4. The lowest BCUT2D eigenvalue weighted by molar-refractivity contribution is -0.105. The van der Waals surface area contributed by atoms with E-state index in [0.717, 1.165) is 19.0 Å². The number of rotatable bonds is 3. The lowest BCUT2D eigenvalue weighted by Gasteiger charge is -2.11. The highest BCUT2D eigenvalue weighted by Crippen LogP contribution is 2.25. The highest BCUT2D eigenvalue weighted by molar-refractivity contribution is 5.86. The van der Waals surface area contributed by atoms with Crippen LogP contribution in [0.2, 0.25) is 0 Å². The van der Waals surface area contributed by atoms with Crippen LogP contribution in [0.5, 0.6) is 0 Å². The van der Waals surface area contributed by atoms with Gasteiger partial charge in [0, 0.05) is 43.4 Å². The first-order valence-corrected chi connectivity index (χ1v) is 8.37. The van der Waals surface area contributed by atoms with Gasteiger partial charge in [0.15, 0.2) is 0 Å². The number of fused-ring (bicyclic) bond motifs is 1. The number of anilines is 1. The molecule has 0 aromatic carbocycles. The molecule has 1 amide bonds. The molecule has 4 rings (SSSR count). The molecule has 1 aliphatic carbocycles. The van der Waals surface area contributed by atoms with Gasteiger partial charge in [0.2, 0.25) is 6.41 Å². The van der Waals surface area contributed by atoms with Gasteiger partial charge in [0.25, 0.3) is 5.56 Å². The third kappa shape index (κ3) is 3.99. The Kier molecular flexibility index (Phi) is 5.25. The van der Waals surface area contributed by atoms with Gasteiger partial charge < -0.3 is 9.88 Å². The molecule has 3 heterocycles. The number of amides is 1. The predicted octanol–water partition coefficient (Wildman–Crippen LogP) is 3.38. The Morgan fingerprint density at radius 1 is 1.26 bits per heavy atom. The van der Waals surface area contributed by atoms with Gasteiger partial charge in [-0.25, -0.2) is 13.8 Å². The fourth-order valence-corrected chi connectivity index (χ4v) is 2.53. The maximum Gasteiger partial charge on any atom is 0.258 e. The number of halogens is 2. The highest BCUT2D eigenvalue weighted by atomic mass is 19.1. The van der Waals surface area contributed by atoms with Crippen LogP contribution in [0.1, 0.15) is 19.8 Å². The van der Waals surface area contributed by atoms with Gasteiger partial charge in [-0.05, 0) is 31.4 Å². The minimum absolute atomic E-state index is 0. The Labute approximate surface area is 155 Å². The minimum atomic E-state index is -0.465. The van der Waals surface area contributed by atoms with Gasteiger partial charge in [0.05, 0.1) is 11.7 Å². The first-order chi connectivity index (χ1) is 12.9. The SMILES string of the molecule is Cc1c(F)cncc1-c1cc2cnc(NC=O)cc2n(C)c1=O.FC1CC1.[HH]. The number of aryl methyl sites for hydroxylation is 1. The van der Waals surface area contributed by atoms with Crippen molar-refractivity contribution < 1.29 is 15.0 Å². The fourth-order valence-electron chi connectivity index (χ4n) is 2.53. The molecule has 3 aromatic heterocycles. The fraction of sp³-hybridized carbons (Fsp3) is 0.263. The zero-order valence-corrected chi connectivity index (χ0v) is 14.9. The van der Waals surface area contributed by atoms with E-state index in [4.69, 9.17) is 0 Å². The number of aromatic nitrogens is 3. The van der Waals surface area contributed by atoms with E-state index < -0.39 is 12.0 Å². The number of hydrogen-bond donors (Lipinski definition) is 1. The summed E-state index contributed by atoms with van der Waals surface area (Å²) >= 11 is 0. The number of carbonyl (C=O) groups is 1. The summed E-state index contributed by atoms with van der Waals surface area (Å²) in [6, 6.07) is 3.25. The van der Waals surface area contributed by atoms with Gasteiger partial charge in [-0.2, -0.15) is 0 Å². The molecular formula is C19H20F2N4O2. The van der Waals surface area contributed by atoms with Gasteiger partial charge >= 0.3 is 0 Å². The first kappa shape index (κ1) is 18.6. The smallest absolute Gasteiger partial charge is 0.258 e. The van der Waals surface area contributed by atoms with E-state index in [2.05, 4.69) is 15.3 Å². The van der Waals surface area contributed by atoms with E-state index in [1.165, 1.54) is 10.8 Å². The molecular weight excluding hydrogens is 354 g/mol. The molecule has 27 heavy (non-hydrogen) atoms. The van der Waals surface area contributed by atoms with E-state index in [-0.39, 0.29) is 6.99 Å². The summed E-state index contributed by atoms with van der Waals surface area (Å²) in [5.41, 5.74) is 1.49. The average molecular weight is 374 g/mol. The largest absolute Gasteiger partial charge is 0.313 e. The zero-order chi connectivity index (χ0) is 19.6. The van der Waals surface area contributed by atoms with Crippen LogP contribution in [-0.4, -0.2) is 27.1 Å². The average Bonchev–Trinajstić information content (AvgIpc) is 3.44. The minimum Gasteiger partial charge on any atom is -0.313 e. The van der Waals surface area contributed by atoms with Crippen molar-refractivity contribution >= 4 is 23.1 Å². The molecule has 1 fully saturated rings. The van der Waals surface area contributed by atoms with E-state index >= 15 is 0 Å². The number of nitrogens with one attached hydrogen (secondary N) is 1. The van der Waals surface area contributed by atoms with Crippen LogP contribution in [0.25, 0.3) is 22.0 Å². The van der Waals surface area contributed by atoms with Crippen molar-refractivity contribution in [1.82, 2.24) is 14.5 Å². The van der Waals surface area contributed by atoms with Crippen molar-refractivity contribution in [2.75, 3.05) is 5.32 Å². The van der Waals surface area contributed by atoms with Crippen LogP contribution in [0.3, 0.4) is 0 Å². The summed E-state index contributed by atoms with van der Waals surface area (Å²) in [5.74, 6) is -0.118. The maximum absolute atomic E-state index is 13.7. The van der Waals surface area contributed by atoms with Gasteiger partial charge in [0.1, 0.15) is 17.8 Å². The third-order valence-corrected chi connectivity index (χ3v) is 4.27. The van der Waals surface area contributed by atoms with E-state index in [1.54, 1.807) is 32.3 Å². The molecule has 0 unspecified atom stereocenters. The number of nitrogens with zero attached hydrogens (tertiary/aromatic N) is 3. The van der Waals surface area contributed by atoms with Crippen molar-refractivity contribution in [3.8, 4) is 11.1 Å². The number of pyridine rings is 3. The van der Waals surface area contributed by atoms with Crippen LogP contribution in [0, 0.1) is 12.7 Å². The molecule has 0 saturated heterocycles. The Morgan fingerprint density at radius 2 is 1.96 bits per heavy atom. The van der Waals surface area contributed by atoms with Gasteiger partial charge in [-0.3, -0.25) is 14.6 Å². The summed E-state index contributed by atoms with van der Waals surface area (Å²) in [5, 5.41) is 3.14. The molecule has 0 atom stereocenters. The van der Waals surface area contributed by atoms with Crippen LogP contribution in [-0.2, 0) is 11.8 Å². The van der Waals surface area contributed by atoms with Crippen LogP contribution in [0.4, 0.5) is 14.6 Å². The van der Waals surface area contributed by atoms with E-state index in [9.17, 15) is 18.4 Å². The lowest BCUT2D eigenvalue weighted by atomic mass is 10.0. The van der Waals surface area contributed by atoms with Crippen molar-refractivity contribution in [3.05, 3.63) is 52.5 Å². The lowest BCUT2D eigenvalue weighted by Crippen LogP contribution is -2.19. The summed E-state index contributed by atoms with van der Waals surface area (Å²) in [4.78, 5) is 31.0. The molecule has 1 aliphatic rings. The van der Waals surface area contributed by atoms with Crippen molar-refractivity contribution in [3.63, 3.8) is 0 Å². The van der Waals surface area contributed by atoms with Gasteiger partial charge in [-0.15, -0.1) is 0 Å². The van der Waals surface area contributed by atoms with Crippen LogP contribution >= 0.6 is 0 Å². The first-order valence-electron chi connectivity index (χ1n) is 8.37. The molecule has 0 aliphatic heterocycles. The molecule has 6 nitrogen and oxygen atoms in total. The Morgan fingerprint density at radius 3 is 2.59 bits per heavy atom. The summed E-state index contributed by atoms with van der Waals surface area (Å²) in [6.07, 6.45) is 5.87. The molecule has 1 saturated carbocycles. The number of alkyl halides is 1. The molecule has 0 radical (unpaired) electrons. The topological polar surface area (TPSA) is 76.9 Å². The normalized spacial score (nSPS) is 13.0. The van der Waals surface area contributed by atoms with Crippen molar-refractivity contribution in [2.24, 2.45) is 7.05 Å². The highest BCUT2D eigenvalue weighted by Gasteiger charge is 2.18. The molecule has 8 heteroatoms. The summed E-state index contributed by atoms with van der Waals surface area (Å²) in [7, 11) is 1.61. The second-order valence-corrected chi connectivity index (χ2v) is 6.28. The quantitative estimate of drug-likeness (QED) is 0.713. The molecule has 0 bridgehead atoms. The van der Waals surface area contributed by atoms with Crippen molar-refractivity contribution in [1.29, 1.82) is 0 Å². The Bertz CT molecular complexity index is 1070. The van der Waals surface area contributed by atoms with Gasteiger partial charge in [-0.1, -0.05) is 0 Å². The third-order valence-electron chi connectivity index (χ3n) is 4.27. The second kappa shape index (κ2) is 7.61. The summed E-state index contributed by atoms with van der Waals surface area (Å²) < 4.78 is 26.3. The number of carbonyl (C=O) groups excluding carboxylic acids is 1. The van der Waals surface area contributed by atoms with E-state index in [1.807, 2.05) is 0 Å². The van der Waals surface area contributed by atoms with Crippen molar-refractivity contribution in [2.45, 2.75) is 25.9 Å². The van der Waals surface area contributed by atoms with E-state index in [0.29, 0.717) is 39.8 Å². The van der Waals surface area contributed by atoms with Crippen LogP contribution in [0.15, 0.2) is 35.5 Å². The maximum atomic E-state index is 13.7. The predicted molar refractivity (Wildman–Crippen MR) is 101 cm³/mol. The Hall–Kier alpha value is -3.16. The van der Waals surface area contributed by atoms with Crippen LogP contribution < -0.4 is 10.9 Å². The molecule has 3 aromatic rings. The standard InChI is InChI=1S/C16H13FN4O2.C3H5F.H2/c1-9-12(6-18-7-13(9)17)11-3-10-5-19-15(20-8-22)4-14(10)21(2)16(11)23;4-3-1-2-3;/h3-8H,1-2H3,(H,19,20,22);3H,1-2H2;1H. The molecule has 142 valence electrons.